The predicted molar refractivity (Wildman–Crippen MR) is 133 cm³/mol. The maximum Gasteiger partial charge on any atom is 0.269 e. The molecule has 3 N–H and O–H groups in total. The fourth-order valence-corrected chi connectivity index (χ4v) is 4.47. The molecule has 5 rings (SSSR count). The summed E-state index contributed by atoms with van der Waals surface area (Å²) in [7, 11) is 0. The molecular weight excluding hydrogens is 454 g/mol. The van der Waals surface area contributed by atoms with Gasteiger partial charge in [-0.25, -0.2) is 0 Å². The van der Waals surface area contributed by atoms with Crippen LogP contribution in [-0.4, -0.2) is 9.85 Å². The highest BCUT2D eigenvalue weighted by Gasteiger charge is 2.17. The lowest BCUT2D eigenvalue weighted by Gasteiger charge is -2.22. The van der Waals surface area contributed by atoms with E-state index in [0.717, 1.165) is 43.9 Å². The number of nitrogens with one attached hydrogen (secondary N) is 3. The van der Waals surface area contributed by atoms with E-state index in [2.05, 4.69) is 16.0 Å². The van der Waals surface area contributed by atoms with Gasteiger partial charge in [0, 0.05) is 56.8 Å². The molecular formula is C24H17N5O4S. The summed E-state index contributed by atoms with van der Waals surface area (Å²) in [6.45, 7) is 0. The van der Waals surface area contributed by atoms with E-state index in [-0.39, 0.29) is 11.4 Å². The number of nitro groups is 2. The van der Waals surface area contributed by atoms with Crippen LogP contribution in [0.3, 0.4) is 0 Å². The Morgan fingerprint density at radius 2 is 0.971 bits per heavy atom. The molecule has 0 fully saturated rings. The molecule has 0 radical (unpaired) electrons. The summed E-state index contributed by atoms with van der Waals surface area (Å²) in [5.74, 6) is 0. The largest absolute Gasteiger partial charge is 0.355 e. The first-order valence-corrected chi connectivity index (χ1v) is 11.0. The molecule has 0 spiro atoms. The molecule has 0 saturated carbocycles. The molecule has 1 heterocycles. The molecule has 0 unspecified atom stereocenters. The maximum absolute atomic E-state index is 10.8. The lowest BCUT2D eigenvalue weighted by Crippen LogP contribution is -2.02. The minimum absolute atomic E-state index is 0.0452. The van der Waals surface area contributed by atoms with Crippen LogP contribution in [0.5, 0.6) is 0 Å². The van der Waals surface area contributed by atoms with Gasteiger partial charge in [0.25, 0.3) is 11.4 Å². The van der Waals surface area contributed by atoms with Crippen molar-refractivity contribution in [3.63, 3.8) is 0 Å². The number of benzene rings is 4. The van der Waals surface area contributed by atoms with E-state index in [1.54, 1.807) is 36.0 Å². The molecule has 1 aliphatic heterocycles. The van der Waals surface area contributed by atoms with Gasteiger partial charge in [0.1, 0.15) is 0 Å². The number of nitro benzene ring substituents is 2. The van der Waals surface area contributed by atoms with E-state index in [0.29, 0.717) is 0 Å². The summed E-state index contributed by atoms with van der Waals surface area (Å²) >= 11 is 1.65. The zero-order valence-electron chi connectivity index (χ0n) is 17.5. The number of fused-ring (bicyclic) bond motifs is 2. The summed E-state index contributed by atoms with van der Waals surface area (Å²) in [6.07, 6.45) is 0. The molecule has 0 aromatic heterocycles. The van der Waals surface area contributed by atoms with E-state index in [9.17, 15) is 20.2 Å². The van der Waals surface area contributed by atoms with Crippen LogP contribution in [0.15, 0.2) is 94.7 Å². The van der Waals surface area contributed by atoms with Crippen LogP contribution in [0.4, 0.5) is 45.5 Å². The summed E-state index contributed by atoms with van der Waals surface area (Å²) in [6, 6.07) is 24.5. The molecule has 9 nitrogen and oxygen atoms in total. The van der Waals surface area contributed by atoms with Gasteiger partial charge in [-0.05, 0) is 60.7 Å². The molecule has 0 saturated heterocycles. The normalized spacial score (nSPS) is 11.5. The van der Waals surface area contributed by atoms with Crippen LogP contribution in [0.25, 0.3) is 0 Å². The average molecular weight is 471 g/mol. The second-order valence-corrected chi connectivity index (χ2v) is 8.59. The van der Waals surface area contributed by atoms with Gasteiger partial charge in [0.05, 0.1) is 21.2 Å². The van der Waals surface area contributed by atoms with Gasteiger partial charge in [-0.1, -0.05) is 11.8 Å². The molecule has 1 aliphatic rings. The third-order valence-corrected chi connectivity index (χ3v) is 6.33. The Labute approximate surface area is 198 Å². The molecule has 0 amide bonds. The minimum Gasteiger partial charge on any atom is -0.355 e. The van der Waals surface area contributed by atoms with Gasteiger partial charge in [0.15, 0.2) is 0 Å². The van der Waals surface area contributed by atoms with E-state index in [1.165, 1.54) is 24.3 Å². The summed E-state index contributed by atoms with van der Waals surface area (Å²) in [4.78, 5) is 23.0. The van der Waals surface area contributed by atoms with Crippen molar-refractivity contribution in [1.29, 1.82) is 0 Å². The highest BCUT2D eigenvalue weighted by molar-refractivity contribution is 7.99. The number of anilines is 6. The van der Waals surface area contributed by atoms with E-state index in [1.807, 2.05) is 36.4 Å². The quantitative estimate of drug-likeness (QED) is 0.175. The fourth-order valence-electron chi connectivity index (χ4n) is 3.52. The minimum atomic E-state index is -0.425. The second-order valence-electron chi connectivity index (χ2n) is 7.51. The van der Waals surface area contributed by atoms with E-state index in [4.69, 9.17) is 0 Å². The highest BCUT2D eigenvalue weighted by Crippen LogP contribution is 2.46. The van der Waals surface area contributed by atoms with Crippen molar-refractivity contribution >= 4 is 57.3 Å². The average Bonchev–Trinajstić information content (AvgIpc) is 2.83. The van der Waals surface area contributed by atoms with Gasteiger partial charge < -0.3 is 16.0 Å². The third kappa shape index (κ3) is 4.48. The topological polar surface area (TPSA) is 122 Å². The summed E-state index contributed by atoms with van der Waals surface area (Å²) in [5, 5.41) is 31.7. The van der Waals surface area contributed by atoms with Crippen molar-refractivity contribution in [2.75, 3.05) is 16.0 Å². The predicted octanol–water partition coefficient (Wildman–Crippen LogP) is 7.20. The van der Waals surface area contributed by atoms with Crippen molar-refractivity contribution in [3.8, 4) is 0 Å². The Kier molecular flexibility index (Phi) is 5.48. The van der Waals surface area contributed by atoms with Crippen molar-refractivity contribution in [2.24, 2.45) is 0 Å². The molecule has 4 aromatic rings. The Morgan fingerprint density at radius 1 is 0.588 bits per heavy atom. The summed E-state index contributed by atoms with van der Waals surface area (Å²) < 4.78 is 0. The van der Waals surface area contributed by atoms with Crippen LogP contribution in [0.1, 0.15) is 0 Å². The first-order valence-electron chi connectivity index (χ1n) is 10.2. The Hall–Kier alpha value is -4.57. The Balaban J connectivity index is 1.32. The molecule has 168 valence electrons. The van der Waals surface area contributed by atoms with Gasteiger partial charge in [0.2, 0.25) is 0 Å². The lowest BCUT2D eigenvalue weighted by atomic mass is 10.2. The van der Waals surface area contributed by atoms with Gasteiger partial charge >= 0.3 is 0 Å². The maximum atomic E-state index is 10.8. The van der Waals surface area contributed by atoms with Gasteiger partial charge in [-0.3, -0.25) is 20.2 Å². The van der Waals surface area contributed by atoms with Crippen molar-refractivity contribution in [2.45, 2.75) is 9.79 Å². The molecule has 34 heavy (non-hydrogen) atoms. The Morgan fingerprint density at radius 3 is 1.35 bits per heavy atom. The molecule has 10 heteroatoms. The van der Waals surface area contributed by atoms with Crippen molar-refractivity contribution in [3.05, 3.63) is 105 Å². The van der Waals surface area contributed by atoms with Crippen LogP contribution in [0, 0.1) is 20.2 Å². The smallest absolute Gasteiger partial charge is 0.269 e. The number of nitrogens with zero attached hydrogens (tertiary/aromatic N) is 2. The van der Waals surface area contributed by atoms with Crippen molar-refractivity contribution in [1.82, 2.24) is 0 Å². The van der Waals surface area contributed by atoms with Crippen LogP contribution >= 0.6 is 11.8 Å². The number of non-ortho nitro benzene ring substituents is 2. The SMILES string of the molecule is O=[N+]([O-])c1ccc(Nc2ccc3c(c2)Nc2cc(Nc4ccc([N+](=O)[O-])cc4)ccc2S3)cc1. The van der Waals surface area contributed by atoms with Crippen LogP contribution in [-0.2, 0) is 0 Å². The van der Waals surface area contributed by atoms with E-state index < -0.39 is 9.85 Å². The fraction of sp³-hybridized carbons (Fsp3) is 0. The summed E-state index contributed by atoms with van der Waals surface area (Å²) in [5.41, 5.74) is 5.18. The monoisotopic (exact) mass is 471 g/mol. The van der Waals surface area contributed by atoms with Crippen LogP contribution < -0.4 is 16.0 Å². The zero-order chi connectivity index (χ0) is 23.7. The van der Waals surface area contributed by atoms with Gasteiger partial charge in [-0.2, -0.15) is 0 Å². The first-order chi connectivity index (χ1) is 16.4. The van der Waals surface area contributed by atoms with Crippen molar-refractivity contribution < 1.29 is 9.85 Å². The molecule has 4 aromatic carbocycles. The van der Waals surface area contributed by atoms with E-state index >= 15 is 0 Å². The number of hydrogen-bond donors (Lipinski definition) is 3. The highest BCUT2D eigenvalue weighted by atomic mass is 32.2. The third-order valence-electron chi connectivity index (χ3n) is 5.18. The molecule has 0 bridgehead atoms. The second kappa shape index (κ2) is 8.75. The zero-order valence-corrected chi connectivity index (χ0v) is 18.3. The van der Waals surface area contributed by atoms with Crippen LogP contribution in [0.2, 0.25) is 0 Å². The number of hydrogen-bond acceptors (Lipinski definition) is 8. The number of rotatable bonds is 6. The van der Waals surface area contributed by atoms with Gasteiger partial charge in [-0.15, -0.1) is 0 Å². The molecule has 0 atom stereocenters. The first kappa shape index (κ1) is 21.3. The Bertz CT molecular complexity index is 1300. The lowest BCUT2D eigenvalue weighted by molar-refractivity contribution is -0.385. The molecule has 0 aliphatic carbocycles. The standard InChI is InChI=1S/C24H17N5O4S/c30-28(31)19-7-1-15(2-8-19)25-17-5-11-23-21(13-17)27-22-14-18(6-12-24(22)34-23)26-16-3-9-20(10-4-16)29(32)33/h1-14,25-27H.